The van der Waals surface area contributed by atoms with Crippen molar-refractivity contribution in [2.45, 2.75) is 25.7 Å². The van der Waals surface area contributed by atoms with E-state index in [-0.39, 0.29) is 11.2 Å². The largest absolute Gasteiger partial charge is 0.574 e. The number of allylic oxidation sites excluding steroid dienone is 2. The lowest BCUT2D eigenvalue weighted by Gasteiger charge is -2.20. The van der Waals surface area contributed by atoms with Crippen LogP contribution in [0.2, 0.25) is 0 Å². The summed E-state index contributed by atoms with van der Waals surface area (Å²) in [5, 5.41) is 0. The Morgan fingerprint density at radius 3 is 2.46 bits per heavy atom. The minimum absolute atomic E-state index is 0.159. The molecule has 6 heteroatoms. The van der Waals surface area contributed by atoms with E-state index in [2.05, 4.69) is 4.98 Å². The molecule has 0 aliphatic heterocycles. The van der Waals surface area contributed by atoms with Crippen molar-refractivity contribution in [1.82, 2.24) is 9.88 Å². The van der Waals surface area contributed by atoms with E-state index in [4.69, 9.17) is 0 Å². The quantitative estimate of drug-likeness (QED) is 0.777. The summed E-state index contributed by atoms with van der Waals surface area (Å²) >= 11 is 0. The number of nitrogens with zero attached hydrogens (tertiary/aromatic N) is 2. The molecule has 3 nitrogen and oxygen atoms in total. The zero-order valence-electron chi connectivity index (χ0n) is 15.0. The van der Waals surface area contributed by atoms with E-state index in [9.17, 15) is 13.4 Å². The van der Waals surface area contributed by atoms with Gasteiger partial charge in [-0.05, 0) is 42.9 Å². The molecule has 0 saturated carbocycles. The molecule has 1 heterocycles. The maximum Gasteiger partial charge on any atom is 0.574 e. The van der Waals surface area contributed by atoms with Crippen LogP contribution in [0.5, 0.6) is 0 Å². The Labute approximate surface area is 152 Å². The Bertz CT molecular complexity index is 835. The van der Waals surface area contributed by atoms with Crippen molar-refractivity contribution in [2.24, 2.45) is 0 Å². The molecule has 0 radical (unpaired) electrons. The average Bonchev–Trinajstić information content (AvgIpc) is 2.67. The van der Waals surface area contributed by atoms with Crippen LogP contribution in [0.1, 0.15) is 41.7 Å². The lowest BCUT2D eigenvalue weighted by molar-refractivity contribution is 0.0823. The molecule has 134 valence electrons. The lowest BCUT2D eigenvalue weighted by Crippen LogP contribution is -2.37. The van der Waals surface area contributed by atoms with Gasteiger partial charge in [0.25, 0.3) is 5.91 Å². The molecule has 1 aromatic heterocycles. The molecule has 26 heavy (non-hydrogen) atoms. The van der Waals surface area contributed by atoms with Crippen LogP contribution in [-0.2, 0) is 0 Å². The molecule has 3 rings (SSSR count). The fourth-order valence-electron chi connectivity index (χ4n) is 3.26. The van der Waals surface area contributed by atoms with E-state index in [0.29, 0.717) is 11.3 Å². The van der Waals surface area contributed by atoms with Gasteiger partial charge in [0.1, 0.15) is 5.69 Å². The van der Waals surface area contributed by atoms with Gasteiger partial charge in [-0.15, -0.1) is 0 Å². The Kier molecular flexibility index (Phi) is 5.50. The Morgan fingerprint density at radius 1 is 1.15 bits per heavy atom. The molecule has 1 aliphatic rings. The zero-order valence-corrected chi connectivity index (χ0v) is 15.0. The van der Waals surface area contributed by atoms with Crippen molar-refractivity contribution in [3.63, 3.8) is 0 Å². The molecular formula is C20H21BF2N2O. The number of hydrogen-bond acceptors (Lipinski definition) is 2. The molecule has 0 bridgehead atoms. The van der Waals surface area contributed by atoms with Crippen molar-refractivity contribution < 1.29 is 13.4 Å². The summed E-state index contributed by atoms with van der Waals surface area (Å²) in [4.78, 5) is 18.2. The van der Waals surface area contributed by atoms with Gasteiger partial charge in [-0.25, -0.2) is 4.98 Å². The molecule has 0 N–H and O–H groups in total. The van der Waals surface area contributed by atoms with Crippen LogP contribution in [0.3, 0.4) is 0 Å². The predicted molar refractivity (Wildman–Crippen MR) is 102 cm³/mol. The number of rotatable bonds is 4. The van der Waals surface area contributed by atoms with Crippen LogP contribution < -0.4 is 5.46 Å². The van der Waals surface area contributed by atoms with Crippen molar-refractivity contribution in [2.75, 3.05) is 14.1 Å². The second kappa shape index (κ2) is 7.81. The van der Waals surface area contributed by atoms with E-state index in [0.717, 1.165) is 36.8 Å². The molecule has 0 fully saturated rings. The number of benzene rings is 1. The van der Waals surface area contributed by atoms with Crippen LogP contribution in [0.15, 0.2) is 42.5 Å². The van der Waals surface area contributed by atoms with Gasteiger partial charge in [0.15, 0.2) is 0 Å². The van der Waals surface area contributed by atoms with Crippen molar-refractivity contribution in [3.05, 3.63) is 53.7 Å². The van der Waals surface area contributed by atoms with E-state index in [1.165, 1.54) is 4.90 Å². The van der Waals surface area contributed by atoms with Crippen molar-refractivity contribution in [3.8, 4) is 11.3 Å². The third-order valence-corrected chi connectivity index (χ3v) is 4.59. The Balaban J connectivity index is 2.27. The molecule has 0 atom stereocenters. The topological polar surface area (TPSA) is 33.2 Å². The molecule has 2 aromatic rings. The average molecular weight is 354 g/mol. The van der Waals surface area contributed by atoms with Gasteiger partial charge < -0.3 is 4.90 Å². The summed E-state index contributed by atoms with van der Waals surface area (Å²) in [5.41, 5.74) is 2.28. The number of aromatic nitrogens is 1. The smallest absolute Gasteiger partial charge is 0.343 e. The summed E-state index contributed by atoms with van der Waals surface area (Å²) in [6.07, 6.45) is 5.66. The number of halogens is 2. The summed E-state index contributed by atoms with van der Waals surface area (Å²) in [7, 11) is 0.339. The summed E-state index contributed by atoms with van der Waals surface area (Å²) in [6, 6.07) is 11.1. The van der Waals surface area contributed by atoms with E-state index < -0.39 is 13.2 Å². The Hall–Kier alpha value is -2.50. The highest BCUT2D eigenvalue weighted by atomic mass is 19.2. The van der Waals surface area contributed by atoms with Crippen LogP contribution in [0.4, 0.5) is 8.63 Å². The highest BCUT2D eigenvalue weighted by molar-refractivity contribution is 6.62. The number of amides is 1. The third-order valence-electron chi connectivity index (χ3n) is 4.59. The SMILES string of the molecule is CN(C)C(=O)c1nc(-c2ccccc2)cc(C2=CCCCC2)c1B(F)F. The molecule has 0 unspecified atom stereocenters. The second-order valence-corrected chi connectivity index (χ2v) is 6.66. The number of pyridine rings is 1. The standard InChI is InChI=1S/C20H21BF2N2O/c1-25(2)20(26)19-18(21(22)23)16(14-9-5-3-6-10-14)13-17(24-19)15-11-7-4-8-12-15/h4,7-9,11-13H,3,5-6,10H2,1-2H3. The fourth-order valence-corrected chi connectivity index (χ4v) is 3.26. The molecule has 0 saturated heterocycles. The van der Waals surface area contributed by atoms with Crippen molar-refractivity contribution >= 4 is 24.2 Å². The molecule has 1 amide bonds. The normalized spacial score (nSPS) is 13.9. The van der Waals surface area contributed by atoms with Gasteiger partial charge in [0, 0.05) is 25.1 Å². The van der Waals surface area contributed by atoms with Crippen molar-refractivity contribution in [1.29, 1.82) is 0 Å². The summed E-state index contributed by atoms with van der Waals surface area (Å²) in [6.45, 7) is 0. The molecule has 0 spiro atoms. The molecule has 1 aliphatic carbocycles. The second-order valence-electron chi connectivity index (χ2n) is 6.66. The van der Waals surface area contributed by atoms with Crippen LogP contribution in [0, 0.1) is 0 Å². The fraction of sp³-hybridized carbons (Fsp3) is 0.300. The first-order valence-electron chi connectivity index (χ1n) is 8.78. The van der Waals surface area contributed by atoms with Crippen LogP contribution >= 0.6 is 0 Å². The highest BCUT2D eigenvalue weighted by Gasteiger charge is 2.32. The van der Waals surface area contributed by atoms with E-state index >= 15 is 0 Å². The minimum atomic E-state index is -2.76. The zero-order chi connectivity index (χ0) is 18.7. The van der Waals surface area contributed by atoms with Gasteiger partial charge in [0.2, 0.25) is 0 Å². The first-order valence-corrected chi connectivity index (χ1v) is 8.78. The van der Waals surface area contributed by atoms with Gasteiger partial charge in [-0.2, -0.15) is 0 Å². The summed E-state index contributed by atoms with van der Waals surface area (Å²) < 4.78 is 27.9. The van der Waals surface area contributed by atoms with Gasteiger partial charge >= 0.3 is 7.27 Å². The van der Waals surface area contributed by atoms with Crippen LogP contribution in [-0.4, -0.2) is 37.2 Å². The van der Waals surface area contributed by atoms with Gasteiger partial charge in [0.05, 0.1) is 5.69 Å². The summed E-state index contributed by atoms with van der Waals surface area (Å²) in [5.74, 6) is -0.504. The van der Waals surface area contributed by atoms with Crippen LogP contribution in [0.25, 0.3) is 16.8 Å². The maximum atomic E-state index is 14.0. The number of carbonyl (C=O) groups is 1. The van der Waals surface area contributed by atoms with Gasteiger partial charge in [-0.3, -0.25) is 13.4 Å². The molecule has 1 aromatic carbocycles. The first-order chi connectivity index (χ1) is 12.5. The number of carbonyl (C=O) groups excluding carboxylic acids is 1. The number of hydrogen-bond donors (Lipinski definition) is 0. The molecular weight excluding hydrogens is 333 g/mol. The van der Waals surface area contributed by atoms with Gasteiger partial charge in [-0.1, -0.05) is 36.4 Å². The third kappa shape index (κ3) is 3.69. The first kappa shape index (κ1) is 18.3. The highest BCUT2D eigenvalue weighted by Crippen LogP contribution is 2.29. The monoisotopic (exact) mass is 354 g/mol. The maximum absolute atomic E-state index is 14.0. The Morgan fingerprint density at radius 2 is 1.88 bits per heavy atom. The minimum Gasteiger partial charge on any atom is -0.343 e. The predicted octanol–water partition coefficient (Wildman–Crippen LogP) is 4.04. The van der Waals surface area contributed by atoms with E-state index in [1.807, 2.05) is 36.4 Å². The lowest BCUT2D eigenvalue weighted by atomic mass is 9.76. The van der Waals surface area contributed by atoms with E-state index in [1.54, 1.807) is 20.2 Å².